The van der Waals surface area contributed by atoms with Crippen molar-refractivity contribution in [3.8, 4) is 0 Å². The van der Waals surface area contributed by atoms with Crippen molar-refractivity contribution in [2.24, 2.45) is 0 Å². The number of fused-ring (bicyclic) bond motifs is 2. The molecule has 14 heteroatoms. The van der Waals surface area contributed by atoms with Crippen molar-refractivity contribution in [3.63, 3.8) is 0 Å². The number of para-hydroxylation sites is 1. The molecular formula is C19H20ClN6O6P. The molecule has 0 radical (unpaired) electrons. The van der Waals surface area contributed by atoms with E-state index in [-0.39, 0.29) is 17.4 Å². The minimum atomic E-state index is -4.28. The number of nitrogens with zero attached hydrogens (tertiary/aromatic N) is 4. The van der Waals surface area contributed by atoms with Crippen LogP contribution in [0, 0.1) is 0 Å². The highest BCUT2D eigenvalue weighted by molar-refractivity contribution is 7.51. The fraction of sp³-hybridized carbons (Fsp3) is 0.316. The second kappa shape index (κ2) is 8.33. The first-order valence-electron chi connectivity index (χ1n) is 10.0. The first-order valence-corrected chi connectivity index (χ1v) is 12.2. The summed E-state index contributed by atoms with van der Waals surface area (Å²) in [6.45, 7) is 0. The normalized spacial score (nSPS) is 23.5. The summed E-state index contributed by atoms with van der Waals surface area (Å²) in [5, 5.41) is 24.9. The molecule has 0 amide bonds. The zero-order chi connectivity index (χ0) is 23.3. The van der Waals surface area contributed by atoms with Crippen LogP contribution in [-0.2, 0) is 9.30 Å². The molecule has 4 heterocycles. The lowest BCUT2D eigenvalue weighted by atomic mass is 10.1. The number of rotatable bonds is 6. The lowest BCUT2D eigenvalue weighted by Gasteiger charge is -2.16. The van der Waals surface area contributed by atoms with Crippen LogP contribution in [0.15, 0.2) is 36.7 Å². The molecule has 3 aromatic heterocycles. The van der Waals surface area contributed by atoms with Crippen molar-refractivity contribution >= 4 is 52.9 Å². The molecule has 33 heavy (non-hydrogen) atoms. The molecule has 1 saturated heterocycles. The van der Waals surface area contributed by atoms with E-state index in [4.69, 9.17) is 26.1 Å². The Hall–Kier alpha value is -2.57. The topological polar surface area (TPSA) is 179 Å². The standard InChI is InChI=1S/C19H20ClN6O6P/c20-19-24-16(23-12-7-9-3-1-2-4-10(9)22-12)13-17(25-19)26(8-21-13)18-15(28)14(27)11(32-18)5-6-33(29,30)31/h1-4,7-8,11,14-15,18,22,27-28H,5-6H2,(H,23,24,25)(H2,29,30,31)/t11-,14?,15?,18-/m1/s1. The third-order valence-corrected chi connectivity index (χ3v) is 6.50. The van der Waals surface area contributed by atoms with Gasteiger partial charge in [0.2, 0.25) is 5.28 Å². The number of H-pyrrole nitrogens is 1. The van der Waals surface area contributed by atoms with Gasteiger partial charge in [-0.15, -0.1) is 0 Å². The minimum Gasteiger partial charge on any atom is -0.388 e. The molecule has 0 spiro atoms. The van der Waals surface area contributed by atoms with Crippen LogP contribution in [0.5, 0.6) is 0 Å². The number of nitrogens with one attached hydrogen (secondary N) is 2. The lowest BCUT2D eigenvalue weighted by molar-refractivity contribution is -0.0355. The fourth-order valence-corrected chi connectivity index (χ4v) is 4.68. The first-order chi connectivity index (χ1) is 15.7. The molecular weight excluding hydrogens is 475 g/mol. The molecule has 1 fully saturated rings. The Labute approximate surface area is 191 Å². The molecule has 1 aliphatic heterocycles. The third-order valence-electron chi connectivity index (χ3n) is 5.49. The van der Waals surface area contributed by atoms with Gasteiger partial charge in [0, 0.05) is 10.9 Å². The molecule has 2 unspecified atom stereocenters. The number of halogens is 1. The summed E-state index contributed by atoms with van der Waals surface area (Å²) in [5.74, 6) is 0.980. The van der Waals surface area contributed by atoms with Gasteiger partial charge in [-0.25, -0.2) is 4.98 Å². The number of ether oxygens (including phenoxy) is 1. The summed E-state index contributed by atoms with van der Waals surface area (Å²) >= 11 is 6.15. The minimum absolute atomic E-state index is 0.0751. The van der Waals surface area contributed by atoms with Crippen LogP contribution in [0.3, 0.4) is 0 Å². The molecule has 5 rings (SSSR count). The van der Waals surface area contributed by atoms with E-state index in [1.807, 2.05) is 30.3 Å². The molecule has 6 N–H and O–H groups in total. The summed E-state index contributed by atoms with van der Waals surface area (Å²) in [6.07, 6.45) is -4.02. The Bertz CT molecular complexity index is 1340. The zero-order valence-corrected chi connectivity index (χ0v) is 18.6. The number of aliphatic hydroxyl groups excluding tert-OH is 2. The summed E-state index contributed by atoms with van der Waals surface area (Å²) in [7, 11) is -4.28. The predicted octanol–water partition coefficient (Wildman–Crippen LogP) is 1.89. The second-order valence-corrected chi connectivity index (χ2v) is 9.90. The Balaban J connectivity index is 1.45. The van der Waals surface area contributed by atoms with Crippen molar-refractivity contribution in [2.75, 3.05) is 11.5 Å². The van der Waals surface area contributed by atoms with Crippen molar-refractivity contribution < 1.29 is 29.3 Å². The van der Waals surface area contributed by atoms with E-state index in [1.54, 1.807) is 0 Å². The van der Waals surface area contributed by atoms with Gasteiger partial charge in [0.15, 0.2) is 23.2 Å². The van der Waals surface area contributed by atoms with Gasteiger partial charge in [-0.05, 0) is 30.2 Å². The average Bonchev–Trinajstić information content (AvgIpc) is 3.42. The van der Waals surface area contributed by atoms with E-state index < -0.39 is 38.3 Å². The Morgan fingerprint density at radius 1 is 1.21 bits per heavy atom. The van der Waals surface area contributed by atoms with Crippen LogP contribution < -0.4 is 5.32 Å². The summed E-state index contributed by atoms with van der Waals surface area (Å²) in [5.41, 5.74) is 1.53. The second-order valence-electron chi connectivity index (χ2n) is 7.78. The van der Waals surface area contributed by atoms with Crippen LogP contribution in [0.25, 0.3) is 22.1 Å². The van der Waals surface area contributed by atoms with Gasteiger partial charge >= 0.3 is 7.60 Å². The Morgan fingerprint density at radius 2 is 2.00 bits per heavy atom. The van der Waals surface area contributed by atoms with Gasteiger partial charge in [0.25, 0.3) is 0 Å². The van der Waals surface area contributed by atoms with E-state index in [0.29, 0.717) is 17.2 Å². The van der Waals surface area contributed by atoms with E-state index in [2.05, 4.69) is 25.3 Å². The quantitative estimate of drug-likeness (QED) is 0.171. The van der Waals surface area contributed by atoms with Crippen molar-refractivity contribution in [2.45, 2.75) is 31.0 Å². The van der Waals surface area contributed by atoms with Crippen LogP contribution in [0.2, 0.25) is 5.28 Å². The van der Waals surface area contributed by atoms with E-state index in [1.165, 1.54) is 10.9 Å². The van der Waals surface area contributed by atoms with Crippen LogP contribution in [-0.4, -0.2) is 69.0 Å². The zero-order valence-electron chi connectivity index (χ0n) is 16.9. The van der Waals surface area contributed by atoms with Crippen LogP contribution >= 0.6 is 19.2 Å². The average molecular weight is 495 g/mol. The molecule has 4 aromatic rings. The smallest absolute Gasteiger partial charge is 0.325 e. The number of imidazole rings is 1. The van der Waals surface area contributed by atoms with Gasteiger partial charge in [-0.1, -0.05) is 18.2 Å². The molecule has 174 valence electrons. The number of aliphatic hydroxyl groups is 2. The third kappa shape index (κ3) is 4.34. The Morgan fingerprint density at radius 3 is 2.76 bits per heavy atom. The van der Waals surface area contributed by atoms with E-state index in [9.17, 15) is 14.8 Å². The van der Waals surface area contributed by atoms with Gasteiger partial charge in [-0.2, -0.15) is 9.97 Å². The maximum atomic E-state index is 11.2. The van der Waals surface area contributed by atoms with Gasteiger partial charge in [0.05, 0.1) is 18.6 Å². The number of aromatic nitrogens is 5. The van der Waals surface area contributed by atoms with Gasteiger partial charge < -0.3 is 35.0 Å². The SMILES string of the molecule is O=P(O)(O)CC[C@H]1O[C@@H](n2cnc3c(Nc4cc5ccccc5[nH]4)nc(Cl)nc32)C(O)C1O. The van der Waals surface area contributed by atoms with E-state index in [0.717, 1.165) is 10.9 Å². The van der Waals surface area contributed by atoms with Crippen molar-refractivity contribution in [1.82, 2.24) is 24.5 Å². The molecule has 4 atom stereocenters. The molecule has 0 aliphatic carbocycles. The van der Waals surface area contributed by atoms with Crippen molar-refractivity contribution in [3.05, 3.63) is 41.9 Å². The maximum absolute atomic E-state index is 11.2. The highest BCUT2D eigenvalue weighted by Gasteiger charge is 2.44. The fourth-order valence-electron chi connectivity index (χ4n) is 3.92. The molecule has 12 nitrogen and oxygen atoms in total. The first kappa shape index (κ1) is 22.2. The molecule has 0 saturated carbocycles. The monoisotopic (exact) mass is 494 g/mol. The highest BCUT2D eigenvalue weighted by atomic mass is 35.5. The number of anilines is 2. The van der Waals surface area contributed by atoms with Crippen LogP contribution in [0.4, 0.5) is 11.6 Å². The number of benzene rings is 1. The van der Waals surface area contributed by atoms with E-state index >= 15 is 0 Å². The molecule has 0 bridgehead atoms. The maximum Gasteiger partial charge on any atom is 0.325 e. The van der Waals surface area contributed by atoms with Gasteiger partial charge in [0.1, 0.15) is 18.0 Å². The molecule has 1 aliphatic rings. The lowest BCUT2D eigenvalue weighted by Crippen LogP contribution is -2.31. The van der Waals surface area contributed by atoms with Gasteiger partial charge in [-0.3, -0.25) is 9.13 Å². The number of hydrogen-bond donors (Lipinski definition) is 6. The summed E-state index contributed by atoms with van der Waals surface area (Å²) in [4.78, 5) is 34.2. The number of aromatic amines is 1. The molecule has 1 aromatic carbocycles. The summed E-state index contributed by atoms with van der Waals surface area (Å²) < 4.78 is 18.3. The predicted molar refractivity (Wildman–Crippen MR) is 119 cm³/mol. The summed E-state index contributed by atoms with van der Waals surface area (Å²) in [6, 6.07) is 9.64. The number of hydrogen-bond acceptors (Lipinski definition) is 8. The van der Waals surface area contributed by atoms with Crippen molar-refractivity contribution in [1.29, 1.82) is 0 Å². The largest absolute Gasteiger partial charge is 0.388 e. The highest BCUT2D eigenvalue weighted by Crippen LogP contribution is 2.40. The Kier molecular flexibility index (Phi) is 5.61. The van der Waals surface area contributed by atoms with Crippen LogP contribution in [0.1, 0.15) is 12.6 Å².